The Morgan fingerprint density at radius 1 is 1.08 bits per heavy atom. The monoisotopic (exact) mass is 358 g/mol. The van der Waals surface area contributed by atoms with Crippen molar-refractivity contribution in [1.29, 1.82) is 0 Å². The maximum Gasteiger partial charge on any atom is 0.339 e. The lowest BCUT2D eigenvalue weighted by molar-refractivity contribution is -0.221. The van der Waals surface area contributed by atoms with Gasteiger partial charge >= 0.3 is 17.9 Å². The van der Waals surface area contributed by atoms with Gasteiger partial charge in [0.2, 0.25) is 5.91 Å². The fourth-order valence-corrected chi connectivity index (χ4v) is 2.35. The molecule has 0 unspecified atom stereocenters. The van der Waals surface area contributed by atoms with Crippen molar-refractivity contribution in [3.05, 3.63) is 10.4 Å². The molecule has 0 spiro atoms. The topological polar surface area (TPSA) is 166 Å². The first kappa shape index (κ1) is 20.2. The highest BCUT2D eigenvalue weighted by molar-refractivity contribution is 5.77. The molecular weight excluding hydrogens is 340 g/mol. The zero-order chi connectivity index (χ0) is 19.1. The van der Waals surface area contributed by atoms with E-state index in [-0.39, 0.29) is 0 Å². The lowest BCUT2D eigenvalue weighted by Crippen LogP contribution is -2.66. The predicted octanol–water partition coefficient (Wildman–Crippen LogP) is -0.437. The lowest BCUT2D eigenvalue weighted by Gasteiger charge is -2.43. The quantitative estimate of drug-likeness (QED) is 0.227. The first-order chi connectivity index (χ1) is 11.7. The van der Waals surface area contributed by atoms with Gasteiger partial charge in [-0.2, -0.15) is 0 Å². The van der Waals surface area contributed by atoms with Crippen molar-refractivity contribution >= 4 is 23.8 Å². The Kier molecular flexibility index (Phi) is 7.15. The summed E-state index contributed by atoms with van der Waals surface area (Å²) < 4.78 is 20.1. The number of azide groups is 1. The molecule has 0 bridgehead atoms. The van der Waals surface area contributed by atoms with E-state index in [1.165, 1.54) is 6.92 Å². The number of nitrogens with zero attached hydrogens (tertiary/aromatic N) is 3. The summed E-state index contributed by atoms with van der Waals surface area (Å²) in [7, 11) is 1.07. The molecule has 0 aromatic rings. The normalized spacial score (nSPS) is 28.1. The summed E-state index contributed by atoms with van der Waals surface area (Å²) in [4.78, 5) is 48.8. The van der Waals surface area contributed by atoms with Gasteiger partial charge in [-0.05, 0) is 5.53 Å². The molecule has 1 aliphatic rings. The van der Waals surface area contributed by atoms with Gasteiger partial charge in [0, 0.05) is 25.7 Å². The number of esters is 3. The Labute approximate surface area is 142 Å². The first-order valence-corrected chi connectivity index (χ1v) is 7.10. The third-order valence-electron chi connectivity index (χ3n) is 3.14. The zero-order valence-corrected chi connectivity index (χ0v) is 14.0. The molecule has 1 rings (SSSR count). The Morgan fingerprint density at radius 3 is 2.08 bits per heavy atom. The van der Waals surface area contributed by atoms with Crippen molar-refractivity contribution in [1.82, 2.24) is 5.32 Å². The van der Waals surface area contributed by atoms with Crippen LogP contribution in [0.1, 0.15) is 20.8 Å². The maximum atomic E-state index is 12.0. The second-order valence-electron chi connectivity index (χ2n) is 5.05. The summed E-state index contributed by atoms with van der Waals surface area (Å²) in [6, 6.07) is -1.19. The highest BCUT2D eigenvalue weighted by Gasteiger charge is 2.53. The van der Waals surface area contributed by atoms with Gasteiger partial charge in [0.15, 0.2) is 24.5 Å². The Morgan fingerprint density at radius 2 is 1.64 bits per heavy atom. The average molecular weight is 358 g/mol. The van der Waals surface area contributed by atoms with Crippen LogP contribution in [0.25, 0.3) is 10.4 Å². The molecule has 0 radical (unpaired) electrons. The summed E-state index contributed by atoms with van der Waals surface area (Å²) >= 11 is 0. The minimum atomic E-state index is -1.53. The molecule has 5 atom stereocenters. The van der Waals surface area contributed by atoms with Crippen LogP contribution >= 0.6 is 0 Å². The van der Waals surface area contributed by atoms with Crippen molar-refractivity contribution < 1.29 is 38.1 Å². The molecule has 0 saturated carbocycles. The standard InChI is InChI=1S/C13H18N4O8/c1-5(18)15-8-9(23-6(2)19)10(24-7(3)20)11(13(21)22-4)25-12(8)16-17-14/h8-12H,1-4H3,(H,15,18)/t8-,9-,10+,11+,12-/m1/s1. The molecule has 1 aliphatic heterocycles. The van der Waals surface area contributed by atoms with Gasteiger partial charge < -0.3 is 24.3 Å². The lowest BCUT2D eigenvalue weighted by atomic mass is 9.95. The van der Waals surface area contributed by atoms with Gasteiger partial charge in [0.25, 0.3) is 0 Å². The summed E-state index contributed by atoms with van der Waals surface area (Å²) in [6.45, 7) is 3.33. The van der Waals surface area contributed by atoms with Crippen LogP contribution in [0.3, 0.4) is 0 Å². The number of hydrogen-bond acceptors (Lipinski definition) is 9. The van der Waals surface area contributed by atoms with Crippen molar-refractivity contribution in [2.45, 2.75) is 51.4 Å². The molecule has 12 nitrogen and oxygen atoms in total. The largest absolute Gasteiger partial charge is 0.467 e. The number of ether oxygens (including phenoxy) is 4. The predicted molar refractivity (Wildman–Crippen MR) is 78.5 cm³/mol. The molecule has 1 amide bonds. The summed E-state index contributed by atoms with van der Waals surface area (Å²) in [5, 5.41) is 5.76. The van der Waals surface area contributed by atoms with E-state index in [0.29, 0.717) is 0 Å². The summed E-state index contributed by atoms with van der Waals surface area (Å²) in [6.07, 6.45) is -5.71. The van der Waals surface area contributed by atoms with E-state index in [4.69, 9.17) is 19.7 Å². The molecular formula is C13H18N4O8. The molecule has 25 heavy (non-hydrogen) atoms. The smallest absolute Gasteiger partial charge is 0.339 e. The summed E-state index contributed by atoms with van der Waals surface area (Å²) in [5.41, 5.74) is 8.69. The van der Waals surface area contributed by atoms with Gasteiger partial charge in [0.05, 0.1) is 7.11 Å². The second-order valence-corrected chi connectivity index (χ2v) is 5.05. The van der Waals surface area contributed by atoms with Crippen molar-refractivity contribution in [3.8, 4) is 0 Å². The highest BCUT2D eigenvalue weighted by atomic mass is 16.6. The number of amides is 1. The van der Waals surface area contributed by atoms with E-state index >= 15 is 0 Å². The van der Waals surface area contributed by atoms with Crippen LogP contribution in [-0.4, -0.2) is 61.5 Å². The van der Waals surface area contributed by atoms with Gasteiger partial charge in [-0.15, -0.1) is 0 Å². The van der Waals surface area contributed by atoms with Crippen LogP contribution in [0.4, 0.5) is 0 Å². The fraction of sp³-hybridized carbons (Fsp3) is 0.692. The molecule has 138 valence electrons. The Hall–Kier alpha value is -2.85. The molecule has 1 heterocycles. The van der Waals surface area contributed by atoms with Crippen LogP contribution in [0.15, 0.2) is 5.11 Å². The van der Waals surface area contributed by atoms with Crippen LogP contribution < -0.4 is 5.32 Å². The van der Waals surface area contributed by atoms with E-state index in [1.807, 2.05) is 0 Å². The van der Waals surface area contributed by atoms with E-state index in [9.17, 15) is 19.2 Å². The number of hydrogen-bond donors (Lipinski definition) is 1. The van der Waals surface area contributed by atoms with Gasteiger partial charge in [0.1, 0.15) is 6.04 Å². The molecule has 1 N–H and O–H groups in total. The SMILES string of the molecule is COC(=O)[C@H]1O[C@@H](N=[N+]=[N-])[C@H](NC(C)=O)[C@@H](OC(C)=O)[C@@H]1OC(C)=O. The third-order valence-corrected chi connectivity index (χ3v) is 3.14. The van der Waals surface area contributed by atoms with Crippen LogP contribution in [0.2, 0.25) is 0 Å². The molecule has 12 heteroatoms. The van der Waals surface area contributed by atoms with E-state index in [0.717, 1.165) is 21.0 Å². The van der Waals surface area contributed by atoms with Crippen molar-refractivity contribution in [2.24, 2.45) is 5.11 Å². The van der Waals surface area contributed by atoms with E-state index in [1.54, 1.807) is 0 Å². The highest BCUT2D eigenvalue weighted by Crippen LogP contribution is 2.28. The number of rotatable bonds is 5. The minimum Gasteiger partial charge on any atom is -0.467 e. The van der Waals surface area contributed by atoms with Crippen LogP contribution in [0.5, 0.6) is 0 Å². The number of carbonyl (C=O) groups excluding carboxylic acids is 4. The molecule has 1 fully saturated rings. The Bertz CT molecular complexity index is 603. The molecule has 0 aromatic heterocycles. The van der Waals surface area contributed by atoms with Crippen molar-refractivity contribution in [3.63, 3.8) is 0 Å². The third kappa shape index (κ3) is 5.33. The fourth-order valence-electron chi connectivity index (χ4n) is 2.35. The van der Waals surface area contributed by atoms with Crippen LogP contribution in [-0.2, 0) is 38.1 Å². The molecule has 1 saturated heterocycles. The number of carbonyl (C=O) groups is 4. The second kappa shape index (κ2) is 8.85. The van der Waals surface area contributed by atoms with E-state index < -0.39 is 54.4 Å². The summed E-state index contributed by atoms with van der Waals surface area (Å²) in [5.74, 6) is -3.06. The minimum absolute atomic E-state index is 0.554. The van der Waals surface area contributed by atoms with Gasteiger partial charge in [-0.3, -0.25) is 14.4 Å². The van der Waals surface area contributed by atoms with Gasteiger partial charge in [-0.25, -0.2) is 4.79 Å². The average Bonchev–Trinajstić information content (AvgIpc) is 2.50. The molecule has 0 aliphatic carbocycles. The Balaban J connectivity index is 3.38. The van der Waals surface area contributed by atoms with Gasteiger partial charge in [-0.1, -0.05) is 5.11 Å². The maximum absolute atomic E-state index is 12.0. The zero-order valence-electron chi connectivity index (χ0n) is 14.0. The van der Waals surface area contributed by atoms with Crippen molar-refractivity contribution in [2.75, 3.05) is 7.11 Å². The first-order valence-electron chi connectivity index (χ1n) is 7.10. The number of methoxy groups -OCH3 is 1. The molecule has 0 aromatic carbocycles. The van der Waals surface area contributed by atoms with E-state index in [2.05, 4.69) is 20.1 Å². The van der Waals surface area contributed by atoms with Crippen LogP contribution in [0, 0.1) is 0 Å². The number of nitrogens with one attached hydrogen (secondary N) is 1.